The van der Waals surface area contributed by atoms with Crippen LogP contribution < -0.4 is 0 Å². The van der Waals surface area contributed by atoms with Crippen molar-refractivity contribution in [3.05, 3.63) is 94.7 Å². The van der Waals surface area contributed by atoms with Crippen molar-refractivity contribution >= 4 is 17.8 Å². The Morgan fingerprint density at radius 3 is 2.27 bits per heavy atom. The summed E-state index contributed by atoms with van der Waals surface area (Å²) >= 11 is 0. The summed E-state index contributed by atoms with van der Waals surface area (Å²) in [4.78, 5) is 12.6. The summed E-state index contributed by atoms with van der Waals surface area (Å²) < 4.78 is 22.6. The number of aromatic hydroxyl groups is 4. The van der Waals surface area contributed by atoms with Gasteiger partial charge in [0.2, 0.25) is 6.29 Å². The van der Waals surface area contributed by atoms with E-state index in [1.165, 1.54) is 42.5 Å². The molecule has 9 N–H and O–H groups in total. The highest BCUT2D eigenvalue weighted by atomic mass is 16.7. The van der Waals surface area contributed by atoms with Crippen LogP contribution in [0.25, 0.3) is 11.8 Å². The third-order valence-corrected chi connectivity index (χ3v) is 6.92. The number of hydrogen-bond acceptors (Lipinski definition) is 14. The first-order valence-corrected chi connectivity index (χ1v) is 13.1. The van der Waals surface area contributed by atoms with E-state index in [-0.39, 0.29) is 34.2 Å². The summed E-state index contributed by atoms with van der Waals surface area (Å²) in [5, 5.41) is 91.4. The van der Waals surface area contributed by atoms with Crippen LogP contribution >= 0.6 is 0 Å². The molecule has 14 nitrogen and oxygen atoms in total. The number of aliphatic hydroxyl groups is 5. The molecule has 44 heavy (non-hydrogen) atoms. The van der Waals surface area contributed by atoms with E-state index in [9.17, 15) is 50.8 Å². The van der Waals surface area contributed by atoms with Crippen molar-refractivity contribution in [3.63, 3.8) is 0 Å². The summed E-state index contributed by atoms with van der Waals surface area (Å²) in [6, 6.07) is 7.93. The Hall–Kier alpha value is -5.15. The molecule has 0 aromatic heterocycles. The number of carbonyl (C=O) groups excluding carboxylic acids is 1. The first kappa shape index (κ1) is 30.3. The van der Waals surface area contributed by atoms with Crippen LogP contribution in [0.3, 0.4) is 0 Å². The maximum absolute atomic E-state index is 12.6. The van der Waals surface area contributed by atoms with Crippen molar-refractivity contribution in [3.8, 4) is 23.0 Å². The number of rotatable bonds is 7. The van der Waals surface area contributed by atoms with Crippen molar-refractivity contribution in [1.29, 1.82) is 0 Å². The fourth-order valence-electron chi connectivity index (χ4n) is 4.68. The largest absolute Gasteiger partial charge is 0.508 e. The maximum Gasteiger partial charge on any atom is 0.331 e. The van der Waals surface area contributed by atoms with E-state index in [1.54, 1.807) is 0 Å². The number of benzene rings is 2. The molecule has 5 rings (SSSR count). The zero-order valence-electron chi connectivity index (χ0n) is 22.6. The predicted octanol–water partition coefficient (Wildman–Crippen LogP) is 1.48. The number of phenolic OH excluding ortho intramolecular Hbond substituents is 4. The highest BCUT2D eigenvalue weighted by Gasteiger charge is 2.48. The van der Waals surface area contributed by atoms with Crippen LogP contribution in [0.2, 0.25) is 0 Å². The molecular formula is C30H28O14. The van der Waals surface area contributed by atoms with Crippen molar-refractivity contribution in [2.45, 2.75) is 36.8 Å². The molecule has 6 atom stereocenters. The van der Waals surface area contributed by atoms with Crippen LogP contribution in [0.15, 0.2) is 83.6 Å². The van der Waals surface area contributed by atoms with Gasteiger partial charge in [0.05, 0.1) is 6.61 Å². The smallest absolute Gasteiger partial charge is 0.331 e. The van der Waals surface area contributed by atoms with Crippen LogP contribution in [0.1, 0.15) is 11.1 Å². The van der Waals surface area contributed by atoms with Gasteiger partial charge in [-0.2, -0.15) is 0 Å². The van der Waals surface area contributed by atoms with Gasteiger partial charge in [-0.05, 0) is 42.0 Å². The number of ether oxygens (including phenoxy) is 4. The topological polar surface area (TPSA) is 236 Å². The highest BCUT2D eigenvalue weighted by Crippen LogP contribution is 2.42. The van der Waals surface area contributed by atoms with E-state index in [2.05, 4.69) is 0 Å². The van der Waals surface area contributed by atoms with Crippen LogP contribution in [0, 0.1) is 0 Å². The molecule has 1 saturated heterocycles. The average Bonchev–Trinajstić information content (AvgIpc) is 2.98. The molecule has 0 bridgehead atoms. The van der Waals surface area contributed by atoms with Gasteiger partial charge in [-0.3, -0.25) is 0 Å². The minimum atomic E-state index is -1.86. The molecule has 2 heterocycles. The SMILES string of the molecule is O=C(C=Cc1ccc(O)cc1)OC1C(O)C(CO)OC(OC2=C(c3cc(O)c(O)c(O)c3)OC3C=C(O)C=C(O)C3=C2)C1O. The van der Waals surface area contributed by atoms with E-state index in [0.717, 1.165) is 24.3 Å². The summed E-state index contributed by atoms with van der Waals surface area (Å²) in [5.41, 5.74) is 0.594. The number of aliphatic hydroxyl groups excluding tert-OH is 5. The quantitative estimate of drug-likeness (QED) is 0.122. The lowest BCUT2D eigenvalue weighted by atomic mass is 9.96. The predicted molar refractivity (Wildman–Crippen MR) is 149 cm³/mol. The zero-order chi connectivity index (χ0) is 31.7. The minimum Gasteiger partial charge on any atom is -0.508 e. The van der Waals surface area contributed by atoms with Gasteiger partial charge in [0.25, 0.3) is 0 Å². The van der Waals surface area contributed by atoms with Crippen LogP contribution in [0.4, 0.5) is 0 Å². The van der Waals surface area contributed by atoms with E-state index in [1.807, 2.05) is 0 Å². The second-order valence-electron chi connectivity index (χ2n) is 9.97. The molecule has 2 aliphatic heterocycles. The van der Waals surface area contributed by atoms with Gasteiger partial charge in [0.1, 0.15) is 35.6 Å². The number of hydrogen-bond donors (Lipinski definition) is 9. The van der Waals surface area contributed by atoms with E-state index in [0.29, 0.717) is 5.56 Å². The molecule has 1 fully saturated rings. The molecule has 0 spiro atoms. The number of esters is 1. The Bertz CT molecular complexity index is 1560. The average molecular weight is 613 g/mol. The summed E-state index contributed by atoms with van der Waals surface area (Å²) in [6.45, 7) is -0.774. The standard InChI is InChI=1S/C30H28O14/c31-12-23-26(39)29(44-24(37)6-3-13-1-4-15(32)5-2-13)27(40)30(43-23)42-22-11-17-18(34)9-16(33)10-21(17)41-28(22)14-7-19(35)25(38)20(36)8-14/h1-11,21,23,26-27,29-36,38-40H,12H2. The summed E-state index contributed by atoms with van der Waals surface area (Å²) in [7, 11) is 0. The lowest BCUT2D eigenvalue weighted by Gasteiger charge is -2.41. The van der Waals surface area contributed by atoms with Gasteiger partial charge >= 0.3 is 5.97 Å². The van der Waals surface area contributed by atoms with E-state index in [4.69, 9.17) is 18.9 Å². The van der Waals surface area contributed by atoms with E-state index < -0.39 is 72.4 Å². The Morgan fingerprint density at radius 2 is 1.61 bits per heavy atom. The molecule has 1 aliphatic carbocycles. The first-order valence-electron chi connectivity index (χ1n) is 13.1. The van der Waals surface area contributed by atoms with Crippen molar-refractivity contribution < 1.29 is 69.7 Å². The zero-order valence-corrected chi connectivity index (χ0v) is 22.6. The highest BCUT2D eigenvalue weighted by molar-refractivity contribution is 5.87. The number of carbonyl (C=O) groups is 1. The van der Waals surface area contributed by atoms with Gasteiger partial charge in [-0.15, -0.1) is 0 Å². The molecule has 6 unspecified atom stereocenters. The Morgan fingerprint density at radius 1 is 0.932 bits per heavy atom. The van der Waals surface area contributed by atoms with Crippen molar-refractivity contribution in [2.75, 3.05) is 6.61 Å². The minimum absolute atomic E-state index is 0.0235. The third-order valence-electron chi connectivity index (χ3n) is 6.92. The Labute approximate surface area is 248 Å². The molecule has 3 aliphatic rings. The fraction of sp³-hybridized carbons (Fsp3) is 0.233. The van der Waals surface area contributed by atoms with E-state index >= 15 is 0 Å². The first-order chi connectivity index (χ1) is 20.9. The molecule has 0 saturated carbocycles. The van der Waals surface area contributed by atoms with Crippen molar-refractivity contribution in [2.24, 2.45) is 0 Å². The van der Waals surface area contributed by atoms with Gasteiger partial charge in [0, 0.05) is 29.4 Å². The van der Waals surface area contributed by atoms with Gasteiger partial charge in [-0.25, -0.2) is 4.79 Å². The monoisotopic (exact) mass is 612 g/mol. The molecule has 232 valence electrons. The van der Waals surface area contributed by atoms with Crippen LogP contribution in [0.5, 0.6) is 23.0 Å². The molecule has 2 aromatic rings. The lowest BCUT2D eigenvalue weighted by molar-refractivity contribution is -0.292. The normalized spacial score (nSPS) is 26.7. The number of fused-ring (bicyclic) bond motifs is 1. The summed E-state index contributed by atoms with van der Waals surface area (Å²) in [6.07, 6.45) is -3.48. The second kappa shape index (κ2) is 12.2. The number of phenols is 4. The lowest BCUT2D eigenvalue weighted by Crippen LogP contribution is -2.60. The second-order valence-corrected chi connectivity index (χ2v) is 9.97. The van der Waals surface area contributed by atoms with Gasteiger partial charge in [-0.1, -0.05) is 12.1 Å². The molecule has 0 radical (unpaired) electrons. The fourth-order valence-corrected chi connectivity index (χ4v) is 4.68. The molecule has 2 aromatic carbocycles. The van der Waals surface area contributed by atoms with Gasteiger partial charge < -0.3 is 64.9 Å². The Kier molecular flexibility index (Phi) is 8.42. The molecule has 0 amide bonds. The third kappa shape index (κ3) is 6.14. The van der Waals surface area contributed by atoms with Gasteiger partial charge in [0.15, 0.2) is 41.0 Å². The van der Waals surface area contributed by atoms with Crippen molar-refractivity contribution in [1.82, 2.24) is 0 Å². The van der Waals surface area contributed by atoms with Crippen LogP contribution in [-0.4, -0.2) is 95.3 Å². The summed E-state index contributed by atoms with van der Waals surface area (Å²) in [5.74, 6) is -4.39. The molecule has 14 heteroatoms. The van der Waals surface area contributed by atoms with Crippen LogP contribution in [-0.2, 0) is 23.7 Å². The Balaban J connectivity index is 1.46. The number of allylic oxidation sites excluding steroid dienone is 2. The maximum atomic E-state index is 12.6. The molecular weight excluding hydrogens is 584 g/mol.